The number of aliphatic carboxylic acids is 1. The van der Waals surface area contributed by atoms with Gasteiger partial charge in [-0.25, -0.2) is 4.79 Å². The Hall–Kier alpha value is -1.06. The minimum absolute atomic E-state index is 0.178. The molecule has 1 aliphatic carbocycles. The zero-order chi connectivity index (χ0) is 12.1. The summed E-state index contributed by atoms with van der Waals surface area (Å²) >= 11 is 0. The van der Waals surface area contributed by atoms with E-state index in [1.807, 2.05) is 0 Å². The van der Waals surface area contributed by atoms with Crippen LogP contribution in [0.1, 0.15) is 45.4 Å². The van der Waals surface area contributed by atoms with E-state index in [0.717, 1.165) is 12.8 Å². The first-order valence-electron chi connectivity index (χ1n) is 5.98. The van der Waals surface area contributed by atoms with Gasteiger partial charge in [-0.2, -0.15) is 0 Å². The molecule has 1 atom stereocenters. The van der Waals surface area contributed by atoms with Gasteiger partial charge in [0.15, 0.2) is 0 Å². The topological polar surface area (TPSA) is 57.6 Å². The molecule has 1 unspecified atom stereocenters. The normalized spacial score (nSPS) is 19.1. The molecule has 1 fully saturated rings. The van der Waals surface area contributed by atoms with Crippen LogP contribution in [0.4, 0.5) is 0 Å². The maximum atomic E-state index is 11.2. The van der Waals surface area contributed by atoms with Crippen LogP contribution in [0.25, 0.3) is 0 Å². The average Bonchev–Trinajstić information content (AvgIpc) is 2.26. The molecule has 16 heavy (non-hydrogen) atoms. The summed E-state index contributed by atoms with van der Waals surface area (Å²) < 4.78 is 0. The maximum absolute atomic E-state index is 11.2. The lowest BCUT2D eigenvalue weighted by molar-refractivity contribution is -0.149. The van der Waals surface area contributed by atoms with Crippen molar-refractivity contribution in [2.75, 3.05) is 7.05 Å². The fourth-order valence-corrected chi connectivity index (χ4v) is 2.38. The molecule has 0 aromatic heterocycles. The molecule has 0 saturated heterocycles. The van der Waals surface area contributed by atoms with Gasteiger partial charge in [-0.05, 0) is 12.3 Å². The van der Waals surface area contributed by atoms with Crippen LogP contribution < -0.4 is 0 Å². The molecule has 0 aromatic carbocycles. The van der Waals surface area contributed by atoms with Gasteiger partial charge in [-0.1, -0.05) is 32.1 Å². The van der Waals surface area contributed by atoms with Crippen molar-refractivity contribution in [1.82, 2.24) is 4.90 Å². The van der Waals surface area contributed by atoms with Gasteiger partial charge in [0.25, 0.3) is 0 Å². The highest BCUT2D eigenvalue weighted by atomic mass is 16.4. The van der Waals surface area contributed by atoms with Crippen molar-refractivity contribution in [2.24, 2.45) is 5.92 Å². The smallest absolute Gasteiger partial charge is 0.326 e. The molecule has 1 amide bonds. The fourth-order valence-electron chi connectivity index (χ4n) is 2.38. The van der Waals surface area contributed by atoms with E-state index < -0.39 is 12.0 Å². The highest BCUT2D eigenvalue weighted by Gasteiger charge is 2.28. The second-order valence-corrected chi connectivity index (χ2v) is 4.72. The first kappa shape index (κ1) is 13.0. The largest absolute Gasteiger partial charge is 0.480 e. The molecular formula is C12H21NO3. The third-order valence-corrected chi connectivity index (χ3v) is 3.53. The van der Waals surface area contributed by atoms with Gasteiger partial charge in [-0.3, -0.25) is 4.79 Å². The predicted molar refractivity (Wildman–Crippen MR) is 61.1 cm³/mol. The summed E-state index contributed by atoms with van der Waals surface area (Å²) in [5.41, 5.74) is 0. The van der Waals surface area contributed by atoms with Crippen molar-refractivity contribution in [1.29, 1.82) is 0 Å². The number of hydrogen-bond donors (Lipinski definition) is 1. The third-order valence-electron chi connectivity index (χ3n) is 3.53. The standard InChI is InChI=1S/C12H21NO3/c1-9(14)13(2)11(12(15)16)8-10-6-4-3-5-7-10/h10-11H,3-8H2,1-2H3,(H,15,16). The summed E-state index contributed by atoms with van der Waals surface area (Å²) in [6.07, 6.45) is 6.47. The summed E-state index contributed by atoms with van der Waals surface area (Å²) in [5, 5.41) is 9.13. The number of likely N-dealkylation sites (N-methyl/N-ethyl adjacent to an activating group) is 1. The molecule has 1 N–H and O–H groups in total. The van der Waals surface area contributed by atoms with Crippen molar-refractivity contribution in [3.05, 3.63) is 0 Å². The molecule has 92 valence electrons. The average molecular weight is 227 g/mol. The van der Waals surface area contributed by atoms with Crippen molar-refractivity contribution in [2.45, 2.75) is 51.5 Å². The van der Waals surface area contributed by atoms with Crippen LogP contribution in [0, 0.1) is 5.92 Å². The molecule has 0 spiro atoms. The molecule has 0 aliphatic heterocycles. The molecule has 0 aromatic rings. The number of hydrogen-bond acceptors (Lipinski definition) is 2. The van der Waals surface area contributed by atoms with Crippen LogP contribution in [-0.4, -0.2) is 35.0 Å². The quantitative estimate of drug-likeness (QED) is 0.797. The van der Waals surface area contributed by atoms with E-state index in [-0.39, 0.29) is 5.91 Å². The van der Waals surface area contributed by atoms with Gasteiger partial charge in [0.1, 0.15) is 6.04 Å². The molecular weight excluding hydrogens is 206 g/mol. The van der Waals surface area contributed by atoms with Crippen LogP contribution >= 0.6 is 0 Å². The van der Waals surface area contributed by atoms with E-state index in [4.69, 9.17) is 5.11 Å². The van der Waals surface area contributed by atoms with E-state index in [1.165, 1.54) is 31.1 Å². The molecule has 1 aliphatic rings. The fraction of sp³-hybridized carbons (Fsp3) is 0.833. The van der Waals surface area contributed by atoms with Gasteiger partial charge < -0.3 is 10.0 Å². The van der Waals surface area contributed by atoms with E-state index in [2.05, 4.69) is 0 Å². The SMILES string of the molecule is CC(=O)N(C)C(CC1CCCCC1)C(=O)O. The number of carboxylic acid groups (broad SMARTS) is 1. The number of carbonyl (C=O) groups is 2. The number of carboxylic acids is 1. The molecule has 0 heterocycles. The minimum atomic E-state index is -0.886. The van der Waals surface area contributed by atoms with Gasteiger partial charge in [-0.15, -0.1) is 0 Å². The Labute approximate surface area is 96.6 Å². The Morgan fingerprint density at radius 2 is 1.88 bits per heavy atom. The summed E-state index contributed by atoms with van der Waals surface area (Å²) in [4.78, 5) is 23.7. The number of amides is 1. The van der Waals surface area contributed by atoms with E-state index in [0.29, 0.717) is 12.3 Å². The lowest BCUT2D eigenvalue weighted by Gasteiger charge is -2.29. The van der Waals surface area contributed by atoms with Crippen molar-refractivity contribution in [3.8, 4) is 0 Å². The zero-order valence-corrected chi connectivity index (χ0v) is 10.1. The van der Waals surface area contributed by atoms with Crippen molar-refractivity contribution >= 4 is 11.9 Å². The van der Waals surface area contributed by atoms with Gasteiger partial charge >= 0.3 is 5.97 Å². The lowest BCUT2D eigenvalue weighted by atomic mass is 9.84. The van der Waals surface area contributed by atoms with Gasteiger partial charge in [0.05, 0.1) is 0 Å². The zero-order valence-electron chi connectivity index (χ0n) is 10.1. The monoisotopic (exact) mass is 227 g/mol. The highest BCUT2D eigenvalue weighted by molar-refractivity contribution is 5.81. The van der Waals surface area contributed by atoms with Crippen LogP contribution in [0.2, 0.25) is 0 Å². The summed E-state index contributed by atoms with van der Waals surface area (Å²) in [6.45, 7) is 1.41. The Kier molecular flexibility index (Phi) is 4.77. The Morgan fingerprint density at radius 1 is 1.31 bits per heavy atom. The molecule has 0 bridgehead atoms. The second-order valence-electron chi connectivity index (χ2n) is 4.72. The van der Waals surface area contributed by atoms with Crippen LogP contribution in [0.3, 0.4) is 0 Å². The first-order chi connectivity index (χ1) is 7.52. The van der Waals surface area contributed by atoms with E-state index >= 15 is 0 Å². The lowest BCUT2D eigenvalue weighted by Crippen LogP contribution is -2.42. The third kappa shape index (κ3) is 3.51. The van der Waals surface area contributed by atoms with Crippen molar-refractivity contribution < 1.29 is 14.7 Å². The van der Waals surface area contributed by atoms with Crippen molar-refractivity contribution in [3.63, 3.8) is 0 Å². The summed E-state index contributed by atoms with van der Waals surface area (Å²) in [5.74, 6) is -0.594. The molecule has 4 heteroatoms. The number of rotatable bonds is 4. The second kappa shape index (κ2) is 5.87. The Bertz CT molecular complexity index is 259. The molecule has 0 radical (unpaired) electrons. The van der Waals surface area contributed by atoms with Crippen LogP contribution in [-0.2, 0) is 9.59 Å². The summed E-state index contributed by atoms with van der Waals surface area (Å²) in [6, 6.07) is -0.652. The van der Waals surface area contributed by atoms with Gasteiger partial charge in [0, 0.05) is 14.0 Å². The Balaban J connectivity index is 2.56. The maximum Gasteiger partial charge on any atom is 0.326 e. The number of nitrogens with zero attached hydrogens (tertiary/aromatic N) is 1. The Morgan fingerprint density at radius 3 is 2.31 bits per heavy atom. The molecule has 1 rings (SSSR count). The number of carbonyl (C=O) groups excluding carboxylic acids is 1. The van der Waals surface area contributed by atoms with E-state index in [9.17, 15) is 9.59 Å². The minimum Gasteiger partial charge on any atom is -0.480 e. The highest BCUT2D eigenvalue weighted by Crippen LogP contribution is 2.28. The van der Waals surface area contributed by atoms with E-state index in [1.54, 1.807) is 7.05 Å². The van der Waals surface area contributed by atoms with Gasteiger partial charge in [0.2, 0.25) is 5.91 Å². The molecule has 1 saturated carbocycles. The first-order valence-corrected chi connectivity index (χ1v) is 5.98. The summed E-state index contributed by atoms with van der Waals surface area (Å²) in [7, 11) is 1.57. The van der Waals surface area contributed by atoms with Crippen LogP contribution in [0.15, 0.2) is 0 Å². The predicted octanol–water partition coefficient (Wildman–Crippen LogP) is 1.89. The van der Waals surface area contributed by atoms with Crippen LogP contribution in [0.5, 0.6) is 0 Å². The molecule has 4 nitrogen and oxygen atoms in total.